The second-order valence-electron chi connectivity index (χ2n) is 3.50. The number of rotatable bonds is 6. The van der Waals surface area contributed by atoms with Crippen LogP contribution >= 0.6 is 0 Å². The molecule has 0 aliphatic rings. The molecule has 6 N–H and O–H groups in total. The molecule has 92 valence electrons. The Kier molecular flexibility index (Phi) is 4.86. The number of carboxylic acid groups (broad SMARTS) is 2. The van der Waals surface area contributed by atoms with Crippen LogP contribution in [0.3, 0.4) is 0 Å². The van der Waals surface area contributed by atoms with E-state index in [1.807, 2.05) is 0 Å². The summed E-state index contributed by atoms with van der Waals surface area (Å²) in [5, 5.41) is 28.1. The minimum atomic E-state index is -2.11. The summed E-state index contributed by atoms with van der Waals surface area (Å²) in [5.74, 6) is -3.57. The minimum absolute atomic E-state index is 0.547. The average Bonchev–Trinajstić information content (AvgIpc) is 2.12. The van der Waals surface area contributed by atoms with Gasteiger partial charge >= 0.3 is 11.9 Å². The monoisotopic (exact) mass is 234 g/mol. The molecular weight excluding hydrogens is 220 g/mol. The Morgan fingerprint density at radius 2 is 1.88 bits per heavy atom. The third kappa shape index (κ3) is 4.71. The first-order valence-electron chi connectivity index (χ1n) is 4.37. The highest BCUT2D eigenvalue weighted by Gasteiger charge is 2.31. The summed E-state index contributed by atoms with van der Waals surface area (Å²) in [6, 6.07) is -1.28. The standard InChI is InChI=1S/C8H14N2O6/c1-8(16,7(14)15)3-10-6(13)4(9)2-5(11)12/h4,16H,2-3,9H2,1H3,(H,10,13)(H,11,12)(H,14,15). The van der Waals surface area contributed by atoms with Crippen LogP contribution in [0.2, 0.25) is 0 Å². The van der Waals surface area contributed by atoms with Crippen molar-refractivity contribution in [2.24, 2.45) is 5.73 Å². The molecule has 0 bridgehead atoms. The number of nitrogens with two attached hydrogens (primary N) is 1. The van der Waals surface area contributed by atoms with E-state index < -0.39 is 42.5 Å². The molecule has 16 heavy (non-hydrogen) atoms. The van der Waals surface area contributed by atoms with E-state index in [1.54, 1.807) is 0 Å². The molecule has 0 saturated carbocycles. The molecule has 0 aromatic carbocycles. The number of carbonyl (C=O) groups excluding carboxylic acids is 1. The first kappa shape index (κ1) is 14.3. The zero-order valence-corrected chi connectivity index (χ0v) is 8.64. The van der Waals surface area contributed by atoms with Gasteiger partial charge in [-0.05, 0) is 6.92 Å². The number of aliphatic hydroxyl groups is 1. The van der Waals surface area contributed by atoms with Gasteiger partial charge in [0.15, 0.2) is 5.60 Å². The van der Waals surface area contributed by atoms with Crippen molar-refractivity contribution >= 4 is 17.8 Å². The number of hydrogen-bond donors (Lipinski definition) is 5. The fourth-order valence-corrected chi connectivity index (χ4v) is 0.747. The molecule has 0 rings (SSSR count). The number of aliphatic carboxylic acids is 2. The molecule has 0 radical (unpaired) electrons. The average molecular weight is 234 g/mol. The van der Waals surface area contributed by atoms with Gasteiger partial charge in [0.2, 0.25) is 5.91 Å². The smallest absolute Gasteiger partial charge is 0.337 e. The molecule has 0 heterocycles. The topological polar surface area (TPSA) is 150 Å². The summed E-state index contributed by atoms with van der Waals surface area (Å²) < 4.78 is 0. The van der Waals surface area contributed by atoms with Crippen molar-refractivity contribution in [2.75, 3.05) is 6.54 Å². The minimum Gasteiger partial charge on any atom is -0.481 e. The Morgan fingerprint density at radius 1 is 1.38 bits per heavy atom. The maximum absolute atomic E-state index is 11.1. The highest BCUT2D eigenvalue weighted by atomic mass is 16.4. The molecule has 2 atom stereocenters. The maximum atomic E-state index is 11.1. The molecule has 0 fully saturated rings. The SMILES string of the molecule is CC(O)(CNC(=O)C(N)CC(=O)O)C(=O)O. The van der Waals surface area contributed by atoms with E-state index in [9.17, 15) is 19.5 Å². The number of amides is 1. The van der Waals surface area contributed by atoms with E-state index in [1.165, 1.54) is 0 Å². The van der Waals surface area contributed by atoms with E-state index in [-0.39, 0.29) is 0 Å². The summed E-state index contributed by atoms with van der Waals surface area (Å²) in [6.07, 6.45) is -0.568. The summed E-state index contributed by atoms with van der Waals surface area (Å²) in [4.78, 5) is 31.8. The Labute approximate surface area is 91.1 Å². The molecule has 2 unspecified atom stereocenters. The van der Waals surface area contributed by atoms with Gasteiger partial charge in [0.25, 0.3) is 0 Å². The number of carbonyl (C=O) groups is 3. The molecule has 8 nitrogen and oxygen atoms in total. The van der Waals surface area contributed by atoms with Gasteiger partial charge in [-0.15, -0.1) is 0 Å². The largest absolute Gasteiger partial charge is 0.481 e. The molecule has 0 saturated heterocycles. The highest BCUT2D eigenvalue weighted by Crippen LogP contribution is 2.01. The predicted molar refractivity (Wildman–Crippen MR) is 51.5 cm³/mol. The van der Waals surface area contributed by atoms with Crippen molar-refractivity contribution in [3.8, 4) is 0 Å². The van der Waals surface area contributed by atoms with Gasteiger partial charge in [-0.3, -0.25) is 9.59 Å². The Hall–Kier alpha value is -1.67. The summed E-state index contributed by atoms with van der Waals surface area (Å²) in [6.45, 7) is 0.451. The quantitative estimate of drug-likeness (QED) is 0.348. The van der Waals surface area contributed by atoms with E-state index in [0.717, 1.165) is 6.92 Å². The van der Waals surface area contributed by atoms with Gasteiger partial charge in [-0.25, -0.2) is 4.79 Å². The van der Waals surface area contributed by atoms with Crippen LogP contribution in [0.25, 0.3) is 0 Å². The third-order valence-corrected chi connectivity index (χ3v) is 1.80. The molecule has 0 spiro atoms. The molecule has 8 heteroatoms. The maximum Gasteiger partial charge on any atom is 0.337 e. The third-order valence-electron chi connectivity index (χ3n) is 1.80. The summed E-state index contributed by atoms with van der Waals surface area (Å²) in [5.41, 5.74) is 3.09. The summed E-state index contributed by atoms with van der Waals surface area (Å²) >= 11 is 0. The fraction of sp³-hybridized carbons (Fsp3) is 0.625. The molecule has 0 aromatic heterocycles. The van der Waals surface area contributed by atoms with Gasteiger partial charge in [-0.2, -0.15) is 0 Å². The van der Waals surface area contributed by atoms with Gasteiger partial charge in [0.1, 0.15) is 0 Å². The lowest BCUT2D eigenvalue weighted by Crippen LogP contribution is -2.50. The van der Waals surface area contributed by atoms with Crippen LogP contribution in [0, 0.1) is 0 Å². The van der Waals surface area contributed by atoms with Crippen LogP contribution in [-0.2, 0) is 14.4 Å². The molecule has 0 aromatic rings. The van der Waals surface area contributed by atoms with Gasteiger partial charge in [0, 0.05) is 0 Å². The molecular formula is C8H14N2O6. The highest BCUT2D eigenvalue weighted by molar-refractivity contribution is 5.86. The van der Waals surface area contributed by atoms with Crippen molar-refractivity contribution in [3.05, 3.63) is 0 Å². The van der Waals surface area contributed by atoms with E-state index >= 15 is 0 Å². The predicted octanol–water partition coefficient (Wildman–Crippen LogP) is -2.26. The fourth-order valence-electron chi connectivity index (χ4n) is 0.747. The van der Waals surface area contributed by atoms with Crippen LogP contribution in [0.1, 0.15) is 13.3 Å². The number of nitrogens with one attached hydrogen (secondary N) is 1. The van der Waals surface area contributed by atoms with Crippen molar-refractivity contribution in [1.82, 2.24) is 5.32 Å². The van der Waals surface area contributed by atoms with Crippen molar-refractivity contribution < 1.29 is 29.7 Å². The molecule has 0 aliphatic heterocycles. The van der Waals surface area contributed by atoms with E-state index in [2.05, 4.69) is 5.32 Å². The van der Waals surface area contributed by atoms with Crippen LogP contribution in [0.5, 0.6) is 0 Å². The van der Waals surface area contributed by atoms with Crippen LogP contribution in [-0.4, -0.2) is 51.4 Å². The Morgan fingerprint density at radius 3 is 2.25 bits per heavy atom. The van der Waals surface area contributed by atoms with Gasteiger partial charge < -0.3 is 26.4 Å². The lowest BCUT2D eigenvalue weighted by atomic mass is 10.1. The Balaban J connectivity index is 4.17. The van der Waals surface area contributed by atoms with Gasteiger partial charge in [0.05, 0.1) is 19.0 Å². The van der Waals surface area contributed by atoms with Crippen molar-refractivity contribution in [3.63, 3.8) is 0 Å². The first-order chi connectivity index (χ1) is 7.16. The first-order valence-corrected chi connectivity index (χ1v) is 4.37. The van der Waals surface area contributed by atoms with Crippen molar-refractivity contribution in [2.45, 2.75) is 25.0 Å². The van der Waals surface area contributed by atoms with Crippen molar-refractivity contribution in [1.29, 1.82) is 0 Å². The van der Waals surface area contributed by atoms with Crippen LogP contribution in [0.4, 0.5) is 0 Å². The summed E-state index contributed by atoms with van der Waals surface area (Å²) in [7, 11) is 0. The molecule has 0 aliphatic carbocycles. The Bertz CT molecular complexity index is 301. The number of hydrogen-bond acceptors (Lipinski definition) is 5. The zero-order chi connectivity index (χ0) is 12.9. The second kappa shape index (κ2) is 5.42. The normalized spacial score (nSPS) is 15.9. The number of carboxylic acids is 2. The lowest BCUT2D eigenvalue weighted by Gasteiger charge is -2.19. The molecule has 1 amide bonds. The van der Waals surface area contributed by atoms with Crippen LogP contribution in [0.15, 0.2) is 0 Å². The van der Waals surface area contributed by atoms with E-state index in [4.69, 9.17) is 15.9 Å². The zero-order valence-electron chi connectivity index (χ0n) is 8.64. The van der Waals surface area contributed by atoms with Gasteiger partial charge in [-0.1, -0.05) is 0 Å². The second-order valence-corrected chi connectivity index (χ2v) is 3.50. The van der Waals surface area contributed by atoms with Crippen LogP contribution < -0.4 is 11.1 Å². The van der Waals surface area contributed by atoms with E-state index in [0.29, 0.717) is 0 Å². The lowest BCUT2D eigenvalue weighted by molar-refractivity contribution is -0.156.